The van der Waals surface area contributed by atoms with Crippen molar-refractivity contribution in [3.63, 3.8) is 0 Å². The highest BCUT2D eigenvalue weighted by molar-refractivity contribution is 7.99. The largest absolute Gasteiger partial charge is 0.381 e. The van der Waals surface area contributed by atoms with Crippen LogP contribution in [0.3, 0.4) is 0 Å². The van der Waals surface area contributed by atoms with Crippen molar-refractivity contribution in [1.29, 1.82) is 0 Å². The summed E-state index contributed by atoms with van der Waals surface area (Å²) in [4.78, 5) is 17.0. The predicted molar refractivity (Wildman–Crippen MR) is 114 cm³/mol. The van der Waals surface area contributed by atoms with E-state index in [1.54, 1.807) is 24.3 Å². The fourth-order valence-electron chi connectivity index (χ4n) is 3.23. The van der Waals surface area contributed by atoms with Crippen molar-refractivity contribution in [3.05, 3.63) is 54.1 Å². The van der Waals surface area contributed by atoms with Crippen molar-refractivity contribution in [3.8, 4) is 0 Å². The number of benzene rings is 2. The second-order valence-electron chi connectivity index (χ2n) is 6.85. The minimum Gasteiger partial charge on any atom is -0.381 e. The first-order valence-corrected chi connectivity index (χ1v) is 11.9. The maximum atomic E-state index is 13.2. The van der Waals surface area contributed by atoms with Gasteiger partial charge in [-0.3, -0.25) is 4.79 Å². The van der Waals surface area contributed by atoms with E-state index in [1.807, 2.05) is 36.1 Å². The van der Waals surface area contributed by atoms with Crippen molar-refractivity contribution in [2.45, 2.75) is 28.0 Å². The van der Waals surface area contributed by atoms with E-state index >= 15 is 0 Å². The Morgan fingerprint density at radius 3 is 2.55 bits per heavy atom. The molecule has 0 aromatic heterocycles. The number of ether oxygens (including phenoxy) is 1. The molecule has 1 fully saturated rings. The first-order valence-electron chi connectivity index (χ1n) is 9.62. The molecule has 6 nitrogen and oxygen atoms in total. The average molecular weight is 435 g/mol. The number of nitrogens with one attached hydrogen (secondary N) is 1. The van der Waals surface area contributed by atoms with Gasteiger partial charge < -0.3 is 9.64 Å². The Hall–Kier alpha value is -1.87. The number of carbonyl (C=O) groups is 1. The lowest BCUT2D eigenvalue weighted by atomic mass is 10.1. The lowest BCUT2D eigenvalue weighted by molar-refractivity contribution is 0.0727. The summed E-state index contributed by atoms with van der Waals surface area (Å²) in [6.07, 6.45) is 0.988. The van der Waals surface area contributed by atoms with Gasteiger partial charge in [-0.15, -0.1) is 0 Å². The van der Waals surface area contributed by atoms with Crippen LogP contribution in [-0.2, 0) is 14.8 Å². The zero-order chi connectivity index (χ0) is 20.9. The van der Waals surface area contributed by atoms with Gasteiger partial charge in [-0.25, -0.2) is 13.1 Å². The summed E-state index contributed by atoms with van der Waals surface area (Å²) >= 11 is 1.45. The van der Waals surface area contributed by atoms with Crippen molar-refractivity contribution >= 4 is 27.7 Å². The molecule has 2 aromatic rings. The summed E-state index contributed by atoms with van der Waals surface area (Å²) in [6.45, 7) is 4.81. The molecule has 1 aliphatic rings. The molecule has 0 spiro atoms. The van der Waals surface area contributed by atoms with Crippen LogP contribution in [0.4, 0.5) is 0 Å². The molecule has 1 N–H and O–H groups in total. The van der Waals surface area contributed by atoms with Crippen LogP contribution in [0.5, 0.6) is 0 Å². The topological polar surface area (TPSA) is 75.7 Å². The maximum absolute atomic E-state index is 13.2. The van der Waals surface area contributed by atoms with Gasteiger partial charge in [-0.1, -0.05) is 23.9 Å². The summed E-state index contributed by atoms with van der Waals surface area (Å²) in [6, 6.07) is 14.2. The number of sulfonamides is 1. The molecule has 0 radical (unpaired) electrons. The number of carbonyl (C=O) groups excluding carboxylic acids is 1. The van der Waals surface area contributed by atoms with E-state index in [2.05, 4.69) is 4.72 Å². The van der Waals surface area contributed by atoms with Crippen LogP contribution in [0.2, 0.25) is 0 Å². The van der Waals surface area contributed by atoms with E-state index in [0.29, 0.717) is 31.2 Å². The molecular weight excluding hydrogens is 408 g/mol. The van der Waals surface area contributed by atoms with Crippen molar-refractivity contribution in [2.75, 3.05) is 33.4 Å². The fraction of sp³-hybridized carbons (Fsp3) is 0.381. The van der Waals surface area contributed by atoms with E-state index in [1.165, 1.54) is 18.8 Å². The third-order valence-corrected chi connectivity index (χ3v) is 7.43. The van der Waals surface area contributed by atoms with Crippen LogP contribution in [0.25, 0.3) is 0 Å². The van der Waals surface area contributed by atoms with Crippen LogP contribution in [0.1, 0.15) is 23.7 Å². The standard InChI is InChI=1S/C21H26N2O4S2/c1-3-23(14-16-12-13-27-15-16)21(24)19-6-4-5-7-20(19)28-17-8-10-18(11-9-17)29(25,26)22-2/h4-11,16,22H,3,12-15H2,1-2H3. The van der Waals surface area contributed by atoms with Crippen LogP contribution in [-0.4, -0.2) is 52.6 Å². The van der Waals surface area contributed by atoms with Crippen LogP contribution < -0.4 is 4.72 Å². The monoisotopic (exact) mass is 434 g/mol. The Morgan fingerprint density at radius 2 is 1.93 bits per heavy atom. The molecule has 0 saturated carbocycles. The van der Waals surface area contributed by atoms with Gasteiger partial charge in [-0.2, -0.15) is 0 Å². The molecule has 8 heteroatoms. The molecule has 1 unspecified atom stereocenters. The molecule has 156 valence electrons. The number of nitrogens with zero attached hydrogens (tertiary/aromatic N) is 1. The smallest absolute Gasteiger partial charge is 0.255 e. The SMILES string of the molecule is CCN(CC1CCOC1)C(=O)c1ccccc1Sc1ccc(S(=O)(=O)NC)cc1. The van der Waals surface area contributed by atoms with Crippen LogP contribution in [0.15, 0.2) is 63.2 Å². The van der Waals surface area contributed by atoms with Gasteiger partial charge in [-0.05, 0) is 56.8 Å². The number of hydrogen-bond donors (Lipinski definition) is 1. The molecule has 0 bridgehead atoms. The van der Waals surface area contributed by atoms with Crippen LogP contribution in [0, 0.1) is 5.92 Å². The third kappa shape index (κ3) is 5.39. The molecule has 3 rings (SSSR count). The van der Waals surface area contributed by atoms with Gasteiger partial charge >= 0.3 is 0 Å². The summed E-state index contributed by atoms with van der Waals surface area (Å²) in [7, 11) is -2.08. The second-order valence-corrected chi connectivity index (χ2v) is 9.85. The lowest BCUT2D eigenvalue weighted by Gasteiger charge is -2.24. The van der Waals surface area contributed by atoms with Gasteiger partial charge in [0.25, 0.3) is 5.91 Å². The number of hydrogen-bond acceptors (Lipinski definition) is 5. The van der Waals surface area contributed by atoms with Gasteiger partial charge in [0.1, 0.15) is 0 Å². The highest BCUT2D eigenvalue weighted by Crippen LogP contribution is 2.32. The van der Waals surface area contributed by atoms with Crippen molar-refractivity contribution < 1.29 is 17.9 Å². The molecule has 0 aliphatic carbocycles. The van der Waals surface area contributed by atoms with Crippen LogP contribution >= 0.6 is 11.8 Å². The highest BCUT2D eigenvalue weighted by atomic mass is 32.2. The average Bonchev–Trinajstić information content (AvgIpc) is 3.25. The number of amides is 1. The number of rotatable bonds is 8. The first-order chi connectivity index (χ1) is 13.9. The Labute approximate surface area is 176 Å². The Balaban J connectivity index is 1.78. The quantitative estimate of drug-likeness (QED) is 0.690. The van der Waals surface area contributed by atoms with E-state index in [0.717, 1.165) is 22.8 Å². The zero-order valence-corrected chi connectivity index (χ0v) is 18.3. The fourth-order valence-corrected chi connectivity index (χ4v) is 4.90. The van der Waals surface area contributed by atoms with E-state index in [-0.39, 0.29) is 10.8 Å². The van der Waals surface area contributed by atoms with E-state index < -0.39 is 10.0 Å². The minimum atomic E-state index is -3.47. The normalized spacial score (nSPS) is 16.7. The molecule has 1 aliphatic heterocycles. The van der Waals surface area contributed by atoms with Crippen molar-refractivity contribution in [1.82, 2.24) is 9.62 Å². The molecule has 29 heavy (non-hydrogen) atoms. The molecule has 1 saturated heterocycles. The van der Waals surface area contributed by atoms with E-state index in [4.69, 9.17) is 4.74 Å². The summed E-state index contributed by atoms with van der Waals surface area (Å²) in [5.41, 5.74) is 0.658. The maximum Gasteiger partial charge on any atom is 0.255 e. The lowest BCUT2D eigenvalue weighted by Crippen LogP contribution is -2.35. The van der Waals surface area contributed by atoms with Gasteiger partial charge in [0.05, 0.1) is 17.1 Å². The Kier molecular flexibility index (Phi) is 7.34. The van der Waals surface area contributed by atoms with E-state index in [9.17, 15) is 13.2 Å². The molecule has 1 atom stereocenters. The second kappa shape index (κ2) is 9.75. The molecule has 1 heterocycles. The highest BCUT2D eigenvalue weighted by Gasteiger charge is 2.24. The molecule has 1 amide bonds. The minimum absolute atomic E-state index is 0.0110. The zero-order valence-electron chi connectivity index (χ0n) is 16.6. The van der Waals surface area contributed by atoms with Gasteiger partial charge in [0, 0.05) is 35.4 Å². The summed E-state index contributed by atoms with van der Waals surface area (Å²) in [5.74, 6) is 0.400. The third-order valence-electron chi connectivity index (χ3n) is 4.92. The Morgan fingerprint density at radius 1 is 1.21 bits per heavy atom. The predicted octanol–water partition coefficient (Wildman–Crippen LogP) is 3.24. The van der Waals surface area contributed by atoms with Crippen molar-refractivity contribution in [2.24, 2.45) is 5.92 Å². The summed E-state index contributed by atoms with van der Waals surface area (Å²) < 4.78 is 31.5. The molecule has 2 aromatic carbocycles. The first kappa shape index (κ1) is 21.8. The van der Waals surface area contributed by atoms with Gasteiger partial charge in [0.2, 0.25) is 10.0 Å². The Bertz CT molecular complexity index is 939. The summed E-state index contributed by atoms with van der Waals surface area (Å²) in [5, 5.41) is 0. The molecular formula is C21H26N2O4S2. The van der Waals surface area contributed by atoms with Gasteiger partial charge in [0.15, 0.2) is 0 Å².